The number of amides is 1. The van der Waals surface area contributed by atoms with E-state index in [1.165, 1.54) is 0 Å². The molecule has 2 aromatic rings. The van der Waals surface area contributed by atoms with Crippen LogP contribution in [0.2, 0.25) is 0 Å². The fraction of sp³-hybridized carbons (Fsp3) is 0.316. The maximum absolute atomic E-state index is 12.3. The number of aryl methyl sites for hydroxylation is 1. The van der Waals surface area contributed by atoms with Gasteiger partial charge in [-0.3, -0.25) is 4.79 Å². The van der Waals surface area contributed by atoms with E-state index in [0.29, 0.717) is 12.1 Å². The standard InChI is InChI=1S/C19H24N2O2/c1-14-8-7-9-15(12-14)19(22)20-13-17(21(2)3)16-10-5-6-11-18(16)23-4/h5-12,17H,13H2,1-4H3,(H,20,22). The third kappa shape index (κ3) is 4.33. The van der Waals surface area contributed by atoms with Crippen molar-refractivity contribution in [1.29, 1.82) is 0 Å². The van der Waals surface area contributed by atoms with Gasteiger partial charge in [0.2, 0.25) is 0 Å². The van der Waals surface area contributed by atoms with Crippen LogP contribution < -0.4 is 10.1 Å². The minimum Gasteiger partial charge on any atom is -0.496 e. The zero-order chi connectivity index (χ0) is 16.8. The van der Waals surface area contributed by atoms with Crippen LogP contribution in [0.5, 0.6) is 5.75 Å². The van der Waals surface area contributed by atoms with Gasteiger partial charge in [-0.25, -0.2) is 0 Å². The molecule has 0 fully saturated rings. The van der Waals surface area contributed by atoms with E-state index in [0.717, 1.165) is 16.9 Å². The van der Waals surface area contributed by atoms with Crippen LogP contribution in [0.15, 0.2) is 48.5 Å². The van der Waals surface area contributed by atoms with Gasteiger partial charge >= 0.3 is 0 Å². The van der Waals surface area contributed by atoms with Crippen LogP contribution in [0, 0.1) is 6.92 Å². The maximum atomic E-state index is 12.3. The summed E-state index contributed by atoms with van der Waals surface area (Å²) in [5, 5.41) is 3.02. The highest BCUT2D eigenvalue weighted by molar-refractivity contribution is 5.94. The Kier molecular flexibility index (Phi) is 5.77. The molecule has 0 aliphatic carbocycles. The minimum atomic E-state index is -0.0598. The number of methoxy groups -OCH3 is 1. The van der Waals surface area contributed by atoms with Gasteiger partial charge in [0, 0.05) is 17.7 Å². The van der Waals surface area contributed by atoms with Gasteiger partial charge in [-0.05, 0) is 39.2 Å². The lowest BCUT2D eigenvalue weighted by Crippen LogP contribution is -2.34. The van der Waals surface area contributed by atoms with Crippen molar-refractivity contribution in [1.82, 2.24) is 10.2 Å². The van der Waals surface area contributed by atoms with E-state index in [1.807, 2.05) is 69.6 Å². The highest BCUT2D eigenvalue weighted by Gasteiger charge is 2.19. The lowest BCUT2D eigenvalue weighted by atomic mass is 10.0. The summed E-state index contributed by atoms with van der Waals surface area (Å²) in [6.07, 6.45) is 0. The Hall–Kier alpha value is -2.33. The molecule has 0 heterocycles. The Morgan fingerprint density at radius 3 is 2.57 bits per heavy atom. The molecule has 0 bridgehead atoms. The molecular formula is C19H24N2O2. The first-order valence-corrected chi connectivity index (χ1v) is 7.67. The van der Waals surface area contributed by atoms with Gasteiger partial charge in [0.15, 0.2) is 0 Å². The molecule has 2 rings (SSSR count). The minimum absolute atomic E-state index is 0.0416. The largest absolute Gasteiger partial charge is 0.496 e. The Labute approximate surface area is 138 Å². The summed E-state index contributed by atoms with van der Waals surface area (Å²) in [7, 11) is 5.66. The predicted molar refractivity (Wildman–Crippen MR) is 92.9 cm³/mol. The Balaban J connectivity index is 2.13. The smallest absolute Gasteiger partial charge is 0.251 e. The molecule has 1 amide bonds. The van der Waals surface area contributed by atoms with E-state index in [9.17, 15) is 4.79 Å². The van der Waals surface area contributed by atoms with Gasteiger partial charge in [0.05, 0.1) is 13.2 Å². The monoisotopic (exact) mass is 312 g/mol. The van der Waals surface area contributed by atoms with Gasteiger partial charge in [-0.1, -0.05) is 35.9 Å². The van der Waals surface area contributed by atoms with Crippen molar-refractivity contribution < 1.29 is 9.53 Å². The Bertz CT molecular complexity index is 668. The van der Waals surface area contributed by atoms with Crippen molar-refractivity contribution in [3.05, 3.63) is 65.2 Å². The SMILES string of the molecule is COc1ccccc1C(CNC(=O)c1cccc(C)c1)N(C)C. The lowest BCUT2D eigenvalue weighted by molar-refractivity contribution is 0.0941. The molecule has 1 N–H and O–H groups in total. The summed E-state index contributed by atoms with van der Waals surface area (Å²) in [5.41, 5.74) is 2.82. The summed E-state index contributed by atoms with van der Waals surface area (Å²) in [5.74, 6) is 0.770. The predicted octanol–water partition coefficient (Wildman–Crippen LogP) is 3.04. The average Bonchev–Trinajstić information content (AvgIpc) is 2.55. The molecule has 0 aliphatic rings. The molecule has 2 aromatic carbocycles. The zero-order valence-corrected chi connectivity index (χ0v) is 14.2. The van der Waals surface area contributed by atoms with Gasteiger partial charge in [0.25, 0.3) is 5.91 Å². The van der Waals surface area contributed by atoms with Gasteiger partial charge < -0.3 is 15.0 Å². The third-order valence-corrected chi connectivity index (χ3v) is 3.86. The van der Waals surface area contributed by atoms with E-state index in [1.54, 1.807) is 7.11 Å². The quantitative estimate of drug-likeness (QED) is 0.891. The molecule has 4 nitrogen and oxygen atoms in total. The second-order valence-electron chi connectivity index (χ2n) is 5.80. The lowest BCUT2D eigenvalue weighted by Gasteiger charge is -2.26. The second-order valence-corrected chi connectivity index (χ2v) is 5.80. The highest BCUT2D eigenvalue weighted by atomic mass is 16.5. The van der Waals surface area contributed by atoms with Crippen LogP contribution in [0.25, 0.3) is 0 Å². The van der Waals surface area contributed by atoms with Crippen molar-refractivity contribution in [2.75, 3.05) is 27.7 Å². The molecule has 0 spiro atoms. The van der Waals surface area contributed by atoms with E-state index in [4.69, 9.17) is 4.74 Å². The molecule has 0 aliphatic heterocycles. The number of nitrogens with zero attached hydrogens (tertiary/aromatic N) is 1. The van der Waals surface area contributed by atoms with E-state index >= 15 is 0 Å². The molecule has 0 saturated heterocycles. The summed E-state index contributed by atoms with van der Waals surface area (Å²) in [6.45, 7) is 2.49. The number of likely N-dealkylation sites (N-methyl/N-ethyl adjacent to an activating group) is 1. The first-order chi connectivity index (χ1) is 11.0. The number of benzene rings is 2. The second kappa shape index (κ2) is 7.79. The van der Waals surface area contributed by atoms with Crippen molar-refractivity contribution in [3.63, 3.8) is 0 Å². The van der Waals surface area contributed by atoms with Crippen molar-refractivity contribution in [2.45, 2.75) is 13.0 Å². The third-order valence-electron chi connectivity index (χ3n) is 3.86. The summed E-state index contributed by atoms with van der Waals surface area (Å²) in [4.78, 5) is 14.4. The number of para-hydroxylation sites is 1. The zero-order valence-electron chi connectivity index (χ0n) is 14.2. The van der Waals surface area contributed by atoms with Crippen LogP contribution in [0.1, 0.15) is 27.5 Å². The Morgan fingerprint density at radius 2 is 1.91 bits per heavy atom. The number of hydrogen-bond acceptors (Lipinski definition) is 3. The van der Waals surface area contributed by atoms with Crippen molar-refractivity contribution in [3.8, 4) is 5.75 Å². The van der Waals surface area contributed by atoms with Gasteiger partial charge in [-0.15, -0.1) is 0 Å². The molecule has 4 heteroatoms. The van der Waals surface area contributed by atoms with Crippen molar-refractivity contribution in [2.24, 2.45) is 0 Å². The number of carbonyl (C=O) groups excluding carboxylic acids is 1. The normalized spacial score (nSPS) is 12.0. The first-order valence-electron chi connectivity index (χ1n) is 7.67. The summed E-state index contributed by atoms with van der Waals surface area (Å²) < 4.78 is 5.44. The Morgan fingerprint density at radius 1 is 1.17 bits per heavy atom. The van der Waals surface area contributed by atoms with E-state index in [-0.39, 0.29) is 11.9 Å². The molecule has 0 aromatic heterocycles. The average molecular weight is 312 g/mol. The molecular weight excluding hydrogens is 288 g/mol. The van der Waals surface area contributed by atoms with Gasteiger partial charge in [0.1, 0.15) is 5.75 Å². The van der Waals surface area contributed by atoms with Crippen LogP contribution in [0.3, 0.4) is 0 Å². The summed E-state index contributed by atoms with van der Waals surface area (Å²) >= 11 is 0. The van der Waals surface area contributed by atoms with Crippen LogP contribution in [0.4, 0.5) is 0 Å². The van der Waals surface area contributed by atoms with Gasteiger partial charge in [-0.2, -0.15) is 0 Å². The van der Waals surface area contributed by atoms with Crippen LogP contribution in [-0.4, -0.2) is 38.6 Å². The fourth-order valence-corrected chi connectivity index (χ4v) is 2.59. The molecule has 1 atom stereocenters. The number of hydrogen-bond donors (Lipinski definition) is 1. The summed E-state index contributed by atoms with van der Waals surface area (Å²) in [6, 6.07) is 15.5. The van der Waals surface area contributed by atoms with E-state index < -0.39 is 0 Å². The number of ether oxygens (including phenoxy) is 1. The van der Waals surface area contributed by atoms with Crippen molar-refractivity contribution >= 4 is 5.91 Å². The molecule has 0 radical (unpaired) electrons. The molecule has 1 unspecified atom stereocenters. The number of nitrogens with one attached hydrogen (secondary N) is 1. The maximum Gasteiger partial charge on any atom is 0.251 e. The van der Waals surface area contributed by atoms with E-state index in [2.05, 4.69) is 10.2 Å². The molecule has 122 valence electrons. The molecule has 0 saturated carbocycles. The van der Waals surface area contributed by atoms with Crippen LogP contribution in [-0.2, 0) is 0 Å². The first kappa shape index (κ1) is 17.0. The number of carbonyl (C=O) groups is 1. The number of rotatable bonds is 6. The van der Waals surface area contributed by atoms with Crippen LogP contribution >= 0.6 is 0 Å². The fourth-order valence-electron chi connectivity index (χ4n) is 2.59. The topological polar surface area (TPSA) is 41.6 Å². The highest BCUT2D eigenvalue weighted by Crippen LogP contribution is 2.27. The molecule has 23 heavy (non-hydrogen) atoms.